The van der Waals surface area contributed by atoms with E-state index in [0.29, 0.717) is 17.9 Å². The van der Waals surface area contributed by atoms with E-state index in [0.717, 1.165) is 24.1 Å². The van der Waals surface area contributed by atoms with Gasteiger partial charge in [-0.2, -0.15) is 0 Å². The van der Waals surface area contributed by atoms with E-state index in [9.17, 15) is 4.79 Å². The largest absolute Gasteiger partial charge is 0.491 e. The maximum Gasteiger partial charge on any atom is 0.163 e. The summed E-state index contributed by atoms with van der Waals surface area (Å²) in [5.41, 5.74) is 0.629. The van der Waals surface area contributed by atoms with Crippen LogP contribution < -0.4 is 4.74 Å². The summed E-state index contributed by atoms with van der Waals surface area (Å²) in [6, 6.07) is 5.53. The number of carbonyl (C=O) groups excluding carboxylic acids is 1. The Hall–Kier alpha value is -0.870. The van der Waals surface area contributed by atoms with Crippen molar-refractivity contribution < 1.29 is 9.53 Å². The molecule has 0 aliphatic carbocycles. The van der Waals surface area contributed by atoms with E-state index in [4.69, 9.17) is 4.74 Å². The van der Waals surface area contributed by atoms with E-state index < -0.39 is 0 Å². The van der Waals surface area contributed by atoms with Crippen molar-refractivity contribution in [3.8, 4) is 5.75 Å². The SMILES string of the molecule is CCN(CC)CCOc1ccc(Br)cc1C(C)=O. The number of nitrogens with zero attached hydrogens (tertiary/aromatic N) is 1. The molecule has 0 saturated carbocycles. The van der Waals surface area contributed by atoms with Crippen LogP contribution in [0, 0.1) is 0 Å². The molecule has 0 aliphatic rings. The van der Waals surface area contributed by atoms with Crippen molar-refractivity contribution in [1.29, 1.82) is 0 Å². The highest BCUT2D eigenvalue weighted by Crippen LogP contribution is 2.23. The third kappa shape index (κ3) is 4.42. The predicted molar refractivity (Wildman–Crippen MR) is 77.4 cm³/mol. The van der Waals surface area contributed by atoms with Crippen molar-refractivity contribution in [2.45, 2.75) is 20.8 Å². The molecular formula is C14H20BrNO2. The summed E-state index contributed by atoms with van der Waals surface area (Å²) in [5.74, 6) is 0.687. The van der Waals surface area contributed by atoms with Gasteiger partial charge in [0.2, 0.25) is 0 Å². The van der Waals surface area contributed by atoms with Crippen LogP contribution in [0.2, 0.25) is 0 Å². The van der Waals surface area contributed by atoms with Crippen molar-refractivity contribution in [3.63, 3.8) is 0 Å². The van der Waals surface area contributed by atoms with Crippen molar-refractivity contribution in [2.24, 2.45) is 0 Å². The fourth-order valence-electron chi connectivity index (χ4n) is 1.73. The van der Waals surface area contributed by atoms with Crippen LogP contribution in [0.15, 0.2) is 22.7 Å². The van der Waals surface area contributed by atoms with E-state index in [1.807, 2.05) is 12.1 Å². The lowest BCUT2D eigenvalue weighted by Gasteiger charge is -2.18. The molecule has 1 aromatic carbocycles. The predicted octanol–water partition coefficient (Wildman–Crippen LogP) is 3.37. The van der Waals surface area contributed by atoms with Crippen LogP contribution in [-0.4, -0.2) is 36.9 Å². The second kappa shape index (κ2) is 7.54. The number of ketones is 1. The molecule has 100 valence electrons. The number of likely N-dealkylation sites (N-methyl/N-ethyl adjacent to an activating group) is 1. The number of benzene rings is 1. The van der Waals surface area contributed by atoms with Gasteiger partial charge < -0.3 is 9.64 Å². The van der Waals surface area contributed by atoms with Crippen molar-refractivity contribution in [1.82, 2.24) is 4.90 Å². The van der Waals surface area contributed by atoms with Gasteiger partial charge in [0.25, 0.3) is 0 Å². The summed E-state index contributed by atoms with van der Waals surface area (Å²) in [6.07, 6.45) is 0. The first-order valence-electron chi connectivity index (χ1n) is 6.24. The number of hydrogen-bond donors (Lipinski definition) is 0. The van der Waals surface area contributed by atoms with E-state index in [1.165, 1.54) is 0 Å². The minimum absolute atomic E-state index is 0.0224. The van der Waals surface area contributed by atoms with E-state index in [-0.39, 0.29) is 5.78 Å². The third-order valence-corrected chi connectivity index (χ3v) is 3.37. The molecule has 1 rings (SSSR count). The lowest BCUT2D eigenvalue weighted by Crippen LogP contribution is -2.28. The van der Waals surface area contributed by atoms with Crippen molar-refractivity contribution >= 4 is 21.7 Å². The minimum atomic E-state index is 0.0224. The van der Waals surface area contributed by atoms with Gasteiger partial charge in [-0.05, 0) is 38.2 Å². The lowest BCUT2D eigenvalue weighted by molar-refractivity contribution is 0.101. The van der Waals surface area contributed by atoms with E-state index in [1.54, 1.807) is 13.0 Å². The number of carbonyl (C=O) groups is 1. The Kier molecular flexibility index (Phi) is 6.36. The number of hydrogen-bond acceptors (Lipinski definition) is 3. The summed E-state index contributed by atoms with van der Waals surface area (Å²) in [7, 11) is 0. The Bertz CT molecular complexity index is 403. The Balaban J connectivity index is 2.64. The molecule has 0 unspecified atom stereocenters. The molecule has 0 spiro atoms. The maximum atomic E-state index is 11.5. The van der Waals surface area contributed by atoms with Crippen LogP contribution in [0.1, 0.15) is 31.1 Å². The Labute approximate surface area is 117 Å². The number of ether oxygens (including phenoxy) is 1. The summed E-state index contributed by atoms with van der Waals surface area (Å²) in [5, 5.41) is 0. The standard InChI is InChI=1S/C14H20BrNO2/c1-4-16(5-2)8-9-18-14-7-6-12(15)10-13(14)11(3)17/h6-7,10H,4-5,8-9H2,1-3H3. The molecule has 4 heteroatoms. The van der Waals surface area contributed by atoms with Gasteiger partial charge in [-0.15, -0.1) is 0 Å². The summed E-state index contributed by atoms with van der Waals surface area (Å²) < 4.78 is 6.60. The summed E-state index contributed by atoms with van der Waals surface area (Å²) >= 11 is 3.36. The van der Waals surface area contributed by atoms with Gasteiger partial charge in [-0.1, -0.05) is 29.8 Å². The van der Waals surface area contributed by atoms with Crippen LogP contribution in [0.5, 0.6) is 5.75 Å². The van der Waals surface area contributed by atoms with Gasteiger partial charge >= 0.3 is 0 Å². The van der Waals surface area contributed by atoms with Gasteiger partial charge in [-0.3, -0.25) is 4.79 Å². The highest BCUT2D eigenvalue weighted by atomic mass is 79.9. The molecule has 0 aromatic heterocycles. The second-order valence-electron chi connectivity index (χ2n) is 4.07. The summed E-state index contributed by atoms with van der Waals surface area (Å²) in [4.78, 5) is 13.8. The topological polar surface area (TPSA) is 29.5 Å². The Morgan fingerprint density at radius 3 is 2.56 bits per heavy atom. The molecule has 0 saturated heterocycles. The first kappa shape index (κ1) is 15.2. The highest BCUT2D eigenvalue weighted by Gasteiger charge is 2.09. The molecule has 0 radical (unpaired) electrons. The molecule has 0 fully saturated rings. The molecule has 1 aromatic rings. The minimum Gasteiger partial charge on any atom is -0.491 e. The molecule has 0 amide bonds. The van der Waals surface area contributed by atoms with Crippen molar-refractivity contribution in [3.05, 3.63) is 28.2 Å². The zero-order valence-electron chi connectivity index (χ0n) is 11.2. The van der Waals surface area contributed by atoms with Crippen LogP contribution in [-0.2, 0) is 0 Å². The molecule has 0 atom stereocenters. The molecule has 0 N–H and O–H groups in total. The average Bonchev–Trinajstić information content (AvgIpc) is 2.36. The number of Topliss-reactive ketones (excluding diaryl/α,β-unsaturated/α-hetero) is 1. The van der Waals surface area contributed by atoms with Crippen LogP contribution in [0.4, 0.5) is 0 Å². The Morgan fingerprint density at radius 1 is 1.33 bits per heavy atom. The molecule has 0 heterocycles. The number of halogens is 1. The molecule has 0 aliphatic heterocycles. The van der Waals surface area contributed by atoms with Gasteiger partial charge in [0.05, 0.1) is 5.56 Å². The van der Waals surface area contributed by atoms with Crippen LogP contribution in [0.3, 0.4) is 0 Å². The van der Waals surface area contributed by atoms with Gasteiger partial charge in [0, 0.05) is 11.0 Å². The van der Waals surface area contributed by atoms with Crippen LogP contribution >= 0.6 is 15.9 Å². The molecular weight excluding hydrogens is 294 g/mol. The van der Waals surface area contributed by atoms with Crippen LogP contribution in [0.25, 0.3) is 0 Å². The maximum absolute atomic E-state index is 11.5. The van der Waals surface area contributed by atoms with Gasteiger partial charge in [-0.25, -0.2) is 0 Å². The average molecular weight is 314 g/mol. The smallest absolute Gasteiger partial charge is 0.163 e. The first-order chi connectivity index (χ1) is 8.58. The monoisotopic (exact) mass is 313 g/mol. The molecule has 18 heavy (non-hydrogen) atoms. The Morgan fingerprint density at radius 2 is 2.00 bits per heavy atom. The molecule has 3 nitrogen and oxygen atoms in total. The van der Waals surface area contributed by atoms with E-state index in [2.05, 4.69) is 34.7 Å². The lowest BCUT2D eigenvalue weighted by atomic mass is 10.1. The number of rotatable bonds is 7. The quantitative estimate of drug-likeness (QED) is 0.723. The molecule has 0 bridgehead atoms. The second-order valence-corrected chi connectivity index (χ2v) is 4.99. The van der Waals surface area contributed by atoms with Crippen molar-refractivity contribution in [2.75, 3.05) is 26.2 Å². The summed E-state index contributed by atoms with van der Waals surface area (Å²) in [6.45, 7) is 9.32. The zero-order chi connectivity index (χ0) is 13.5. The normalized spacial score (nSPS) is 10.7. The van der Waals surface area contributed by atoms with Gasteiger partial charge in [0.1, 0.15) is 12.4 Å². The van der Waals surface area contributed by atoms with Gasteiger partial charge in [0.15, 0.2) is 5.78 Å². The highest BCUT2D eigenvalue weighted by molar-refractivity contribution is 9.10. The first-order valence-corrected chi connectivity index (χ1v) is 7.03. The third-order valence-electron chi connectivity index (χ3n) is 2.88. The van der Waals surface area contributed by atoms with E-state index >= 15 is 0 Å². The fraction of sp³-hybridized carbons (Fsp3) is 0.500. The fourth-order valence-corrected chi connectivity index (χ4v) is 2.09. The zero-order valence-corrected chi connectivity index (χ0v) is 12.8.